The smallest absolute Gasteiger partial charge is 0.380 e. The van der Waals surface area contributed by atoms with Gasteiger partial charge in [0.15, 0.2) is 0 Å². The summed E-state index contributed by atoms with van der Waals surface area (Å²) in [5, 5.41) is 10.8. The number of H-pyrrole nitrogens is 1. The van der Waals surface area contributed by atoms with Crippen molar-refractivity contribution in [3.8, 4) is 0 Å². The molecule has 0 radical (unpaired) electrons. The van der Waals surface area contributed by atoms with Gasteiger partial charge >= 0.3 is 6.18 Å². The largest absolute Gasteiger partial charge is 0.401 e. The van der Waals surface area contributed by atoms with Gasteiger partial charge in [-0.15, -0.1) is 0 Å². The average Bonchev–Trinajstić information content (AvgIpc) is 3.25. The molecule has 2 atom stereocenters. The normalized spacial score (nSPS) is 21.5. The highest BCUT2D eigenvalue weighted by Crippen LogP contribution is 2.43. The molecule has 1 fully saturated rings. The average molecular weight is 619 g/mol. The second kappa shape index (κ2) is 10.1. The summed E-state index contributed by atoms with van der Waals surface area (Å²) in [6, 6.07) is 4.02. The van der Waals surface area contributed by atoms with Gasteiger partial charge in [0.25, 0.3) is 0 Å². The summed E-state index contributed by atoms with van der Waals surface area (Å²) in [6.07, 6.45) is -1.51. The van der Waals surface area contributed by atoms with E-state index in [9.17, 15) is 13.2 Å². The van der Waals surface area contributed by atoms with E-state index in [4.69, 9.17) is 0 Å². The predicted octanol–water partition coefficient (Wildman–Crippen LogP) is 5.66. The van der Waals surface area contributed by atoms with Crippen molar-refractivity contribution in [2.24, 2.45) is 0 Å². The van der Waals surface area contributed by atoms with Crippen LogP contribution in [0.3, 0.4) is 0 Å². The number of halogens is 6. The lowest BCUT2D eigenvalue weighted by Gasteiger charge is -2.43. The third-order valence-corrected chi connectivity index (χ3v) is 7.88. The molecule has 2 aliphatic heterocycles. The highest BCUT2D eigenvalue weighted by atomic mass is 127. The Morgan fingerprint density at radius 2 is 1.89 bits per heavy atom. The molecular formula is C25H27F5IN5. The van der Waals surface area contributed by atoms with Crippen LogP contribution in [0.4, 0.5) is 27.6 Å². The van der Waals surface area contributed by atoms with Crippen molar-refractivity contribution in [3.05, 3.63) is 58.8 Å². The lowest BCUT2D eigenvalue weighted by atomic mass is 9.83. The van der Waals surface area contributed by atoms with Crippen LogP contribution >= 0.6 is 22.6 Å². The van der Waals surface area contributed by atoms with E-state index in [1.54, 1.807) is 25.3 Å². The molecule has 11 heteroatoms. The molecule has 0 aliphatic carbocycles. The van der Waals surface area contributed by atoms with Crippen molar-refractivity contribution < 1.29 is 22.0 Å². The molecule has 3 heterocycles. The van der Waals surface area contributed by atoms with Gasteiger partial charge in [0.2, 0.25) is 0 Å². The summed E-state index contributed by atoms with van der Waals surface area (Å²) in [7, 11) is 0. The molecule has 0 saturated carbocycles. The monoisotopic (exact) mass is 619 g/mol. The number of fused-ring (bicyclic) bond motifs is 3. The summed E-state index contributed by atoms with van der Waals surface area (Å²) < 4.78 is 73.0. The third-order valence-electron chi connectivity index (χ3n) is 7.11. The highest BCUT2D eigenvalue weighted by molar-refractivity contribution is 14.1. The number of benzene rings is 2. The maximum atomic E-state index is 15.6. The molecule has 2 aliphatic rings. The van der Waals surface area contributed by atoms with Crippen molar-refractivity contribution in [3.63, 3.8) is 0 Å². The van der Waals surface area contributed by atoms with Gasteiger partial charge < -0.3 is 5.32 Å². The molecule has 194 valence electrons. The minimum atomic E-state index is -4.52. The van der Waals surface area contributed by atoms with Crippen LogP contribution in [-0.2, 0) is 6.42 Å². The van der Waals surface area contributed by atoms with Crippen LogP contribution < -0.4 is 5.32 Å². The minimum Gasteiger partial charge on any atom is -0.380 e. The van der Waals surface area contributed by atoms with Gasteiger partial charge in [0.05, 0.1) is 30.3 Å². The van der Waals surface area contributed by atoms with E-state index in [0.717, 1.165) is 51.8 Å². The second-order valence-electron chi connectivity index (χ2n) is 9.70. The molecule has 0 bridgehead atoms. The van der Waals surface area contributed by atoms with Gasteiger partial charge in [-0.3, -0.25) is 14.9 Å². The minimum absolute atomic E-state index is 0.0791. The molecular weight excluding hydrogens is 592 g/mol. The quantitative estimate of drug-likeness (QED) is 0.204. The summed E-state index contributed by atoms with van der Waals surface area (Å²) in [5.74, 6) is -1.72. The van der Waals surface area contributed by atoms with Crippen molar-refractivity contribution in [2.45, 2.75) is 44.1 Å². The number of hydrogen-bond donors (Lipinski definition) is 2. The van der Waals surface area contributed by atoms with Crippen LogP contribution in [0.1, 0.15) is 36.1 Å². The SMILES string of the molecule is C[C@@H]1Cc2c(ccc3[nH]ncc23)[C@@H](c2c(F)cc(NC3CN(CCCI)C3)cc2F)N1CC(F)(F)F. The molecule has 1 saturated heterocycles. The first-order valence-electron chi connectivity index (χ1n) is 12.0. The molecule has 1 aromatic heterocycles. The van der Waals surface area contributed by atoms with E-state index in [-0.39, 0.29) is 11.6 Å². The Morgan fingerprint density at radius 1 is 1.17 bits per heavy atom. The lowest BCUT2D eigenvalue weighted by molar-refractivity contribution is -0.155. The first kappa shape index (κ1) is 25.7. The van der Waals surface area contributed by atoms with Gasteiger partial charge in [-0.1, -0.05) is 28.7 Å². The molecule has 36 heavy (non-hydrogen) atoms. The molecule has 0 unspecified atom stereocenters. The van der Waals surface area contributed by atoms with Gasteiger partial charge in [-0.05, 0) is 55.6 Å². The van der Waals surface area contributed by atoms with E-state index in [1.807, 2.05) is 0 Å². The number of aromatic amines is 1. The fourth-order valence-corrected chi connectivity index (χ4v) is 5.83. The fraction of sp³-hybridized carbons (Fsp3) is 0.480. The molecule has 0 amide bonds. The molecule has 2 N–H and O–H groups in total. The number of likely N-dealkylation sites (tertiary alicyclic amines) is 1. The first-order valence-corrected chi connectivity index (χ1v) is 13.5. The van der Waals surface area contributed by atoms with Crippen LogP contribution in [-0.4, -0.2) is 68.9 Å². The Labute approximate surface area is 219 Å². The zero-order valence-corrected chi connectivity index (χ0v) is 21.8. The van der Waals surface area contributed by atoms with E-state index in [2.05, 4.69) is 43.0 Å². The maximum absolute atomic E-state index is 15.6. The summed E-state index contributed by atoms with van der Waals surface area (Å²) >= 11 is 2.33. The number of anilines is 1. The third kappa shape index (κ3) is 5.06. The van der Waals surface area contributed by atoms with Crippen LogP contribution in [0.2, 0.25) is 0 Å². The predicted molar refractivity (Wildman–Crippen MR) is 138 cm³/mol. The van der Waals surface area contributed by atoms with Crippen LogP contribution in [0.25, 0.3) is 10.9 Å². The second-order valence-corrected chi connectivity index (χ2v) is 10.8. The van der Waals surface area contributed by atoms with Gasteiger partial charge in [0, 0.05) is 40.2 Å². The number of aromatic nitrogens is 2. The number of nitrogens with zero attached hydrogens (tertiary/aromatic N) is 3. The zero-order valence-electron chi connectivity index (χ0n) is 19.7. The summed E-state index contributed by atoms with van der Waals surface area (Å²) in [6.45, 7) is 2.95. The Hall–Kier alpha value is -1.99. The van der Waals surface area contributed by atoms with Crippen molar-refractivity contribution in [1.82, 2.24) is 20.0 Å². The van der Waals surface area contributed by atoms with Gasteiger partial charge in [0.1, 0.15) is 11.6 Å². The van der Waals surface area contributed by atoms with Gasteiger partial charge in [-0.25, -0.2) is 8.78 Å². The van der Waals surface area contributed by atoms with E-state index in [0.29, 0.717) is 17.7 Å². The van der Waals surface area contributed by atoms with E-state index >= 15 is 8.78 Å². The maximum Gasteiger partial charge on any atom is 0.401 e. The summed E-state index contributed by atoms with van der Waals surface area (Å²) in [5.41, 5.74) is 1.90. The van der Waals surface area contributed by atoms with Crippen molar-refractivity contribution >= 4 is 39.2 Å². The Morgan fingerprint density at radius 3 is 2.56 bits per heavy atom. The zero-order chi connectivity index (χ0) is 25.6. The standard InChI is InChI=1S/C25H27F5IN5/c1-14-7-18-17(3-4-22-19(18)10-32-34-22)24(36(14)13-25(28,29)30)23-20(26)8-15(9-21(23)27)33-16-11-35(12-16)6-2-5-31/h3-4,8-10,14,16,24,33H,2,5-7,11-13H2,1H3,(H,32,34)/t14-,24+/m1/s1. The van der Waals surface area contributed by atoms with E-state index < -0.39 is 36.4 Å². The highest BCUT2D eigenvalue weighted by Gasteiger charge is 2.43. The number of hydrogen-bond acceptors (Lipinski definition) is 4. The Bertz CT molecular complexity index is 1220. The van der Waals surface area contributed by atoms with Gasteiger partial charge in [-0.2, -0.15) is 18.3 Å². The summed E-state index contributed by atoms with van der Waals surface area (Å²) in [4.78, 5) is 3.42. The topological polar surface area (TPSA) is 47.2 Å². The van der Waals surface area contributed by atoms with Crippen molar-refractivity contribution in [1.29, 1.82) is 0 Å². The molecule has 5 nitrogen and oxygen atoms in total. The number of alkyl halides is 4. The molecule has 0 spiro atoms. The molecule has 2 aromatic carbocycles. The first-order chi connectivity index (χ1) is 17.1. The van der Waals surface area contributed by atoms with Crippen LogP contribution in [0.5, 0.6) is 0 Å². The van der Waals surface area contributed by atoms with Crippen LogP contribution in [0.15, 0.2) is 30.5 Å². The van der Waals surface area contributed by atoms with E-state index in [1.165, 1.54) is 12.1 Å². The number of rotatable bonds is 7. The number of nitrogens with one attached hydrogen (secondary N) is 2. The lowest BCUT2D eigenvalue weighted by Crippen LogP contribution is -2.54. The van der Waals surface area contributed by atoms with Crippen LogP contribution in [0, 0.1) is 11.6 Å². The fourth-order valence-electron chi connectivity index (χ4n) is 5.49. The Kier molecular flexibility index (Phi) is 7.16. The Balaban J connectivity index is 1.49. The van der Waals surface area contributed by atoms with Crippen molar-refractivity contribution in [2.75, 3.05) is 35.9 Å². The molecule has 5 rings (SSSR count). The molecule has 3 aromatic rings.